The summed E-state index contributed by atoms with van der Waals surface area (Å²) in [5.74, 6) is 0. The van der Waals surface area contributed by atoms with Crippen molar-refractivity contribution in [3.05, 3.63) is 39.9 Å². The summed E-state index contributed by atoms with van der Waals surface area (Å²) in [7, 11) is 4.34. The van der Waals surface area contributed by atoms with E-state index < -0.39 is 0 Å². The maximum Gasteiger partial charge on any atom is 0.269 e. The van der Waals surface area contributed by atoms with Gasteiger partial charge in [-0.05, 0) is 32.6 Å². The van der Waals surface area contributed by atoms with E-state index in [-0.39, 0.29) is 10.6 Å². The Morgan fingerprint density at radius 1 is 1.29 bits per heavy atom. The van der Waals surface area contributed by atoms with Gasteiger partial charge in [-0.2, -0.15) is 0 Å². The Labute approximate surface area is 125 Å². The number of hydrogen-bond acceptors (Lipinski definition) is 5. The van der Waals surface area contributed by atoms with E-state index in [9.17, 15) is 10.1 Å². The van der Waals surface area contributed by atoms with Crippen molar-refractivity contribution in [3.63, 3.8) is 0 Å². The van der Waals surface area contributed by atoms with Gasteiger partial charge in [0.05, 0.1) is 4.92 Å². The second-order valence-electron chi connectivity index (χ2n) is 5.77. The number of hydrogen-bond donors (Lipinski definition) is 1. The lowest BCUT2D eigenvalue weighted by atomic mass is 10.1. The van der Waals surface area contributed by atoms with E-state index in [1.807, 2.05) is 12.1 Å². The molecule has 116 valence electrons. The van der Waals surface area contributed by atoms with Crippen LogP contribution in [0.3, 0.4) is 0 Å². The van der Waals surface area contributed by atoms with Crippen LogP contribution in [0.15, 0.2) is 24.3 Å². The van der Waals surface area contributed by atoms with Crippen molar-refractivity contribution >= 4 is 5.69 Å². The molecule has 0 radical (unpaired) electrons. The lowest BCUT2D eigenvalue weighted by Gasteiger charge is -2.37. The maximum atomic E-state index is 10.6. The van der Waals surface area contributed by atoms with Gasteiger partial charge in [0.15, 0.2) is 0 Å². The van der Waals surface area contributed by atoms with Crippen molar-refractivity contribution in [2.45, 2.75) is 12.5 Å². The van der Waals surface area contributed by atoms with E-state index in [2.05, 4.69) is 29.2 Å². The largest absolute Gasteiger partial charge is 0.315 e. The Balaban J connectivity index is 1.70. The monoisotopic (exact) mass is 292 g/mol. The Bertz CT molecular complexity index is 463. The zero-order chi connectivity index (χ0) is 15.2. The summed E-state index contributed by atoms with van der Waals surface area (Å²) in [5, 5.41) is 14.1. The van der Waals surface area contributed by atoms with E-state index in [1.165, 1.54) is 0 Å². The van der Waals surface area contributed by atoms with E-state index in [0.29, 0.717) is 6.04 Å². The van der Waals surface area contributed by atoms with Gasteiger partial charge in [-0.25, -0.2) is 0 Å². The Kier molecular flexibility index (Phi) is 5.67. The topological polar surface area (TPSA) is 61.6 Å². The molecule has 1 N–H and O–H groups in total. The molecule has 0 amide bonds. The van der Waals surface area contributed by atoms with Gasteiger partial charge < -0.3 is 10.2 Å². The number of nitrogens with zero attached hydrogens (tertiary/aromatic N) is 3. The minimum atomic E-state index is -0.364. The van der Waals surface area contributed by atoms with E-state index in [4.69, 9.17) is 0 Å². The number of nitro benzene ring substituents is 1. The molecule has 1 aromatic carbocycles. The Morgan fingerprint density at radius 2 is 2.00 bits per heavy atom. The van der Waals surface area contributed by atoms with Gasteiger partial charge in [-0.1, -0.05) is 12.1 Å². The minimum Gasteiger partial charge on any atom is -0.315 e. The highest BCUT2D eigenvalue weighted by molar-refractivity contribution is 5.32. The van der Waals surface area contributed by atoms with Gasteiger partial charge in [-0.15, -0.1) is 0 Å². The fraction of sp³-hybridized carbons (Fsp3) is 0.600. The normalized spacial score (nSPS) is 20.6. The molecule has 0 spiro atoms. The number of rotatable bonds is 6. The number of non-ortho nitro benzene ring substituents is 1. The van der Waals surface area contributed by atoms with E-state index >= 15 is 0 Å². The zero-order valence-corrected chi connectivity index (χ0v) is 12.8. The lowest BCUT2D eigenvalue weighted by Crippen LogP contribution is -2.53. The van der Waals surface area contributed by atoms with Crippen LogP contribution < -0.4 is 5.32 Å². The van der Waals surface area contributed by atoms with Gasteiger partial charge >= 0.3 is 0 Å². The van der Waals surface area contributed by atoms with Crippen LogP contribution in [0.2, 0.25) is 0 Å². The molecule has 21 heavy (non-hydrogen) atoms. The quantitative estimate of drug-likeness (QED) is 0.481. The molecule has 1 saturated heterocycles. The molecule has 6 nitrogen and oxygen atoms in total. The van der Waals surface area contributed by atoms with Gasteiger partial charge in [0, 0.05) is 44.4 Å². The fourth-order valence-corrected chi connectivity index (χ4v) is 2.61. The summed E-state index contributed by atoms with van der Waals surface area (Å²) < 4.78 is 0. The van der Waals surface area contributed by atoms with Crippen molar-refractivity contribution in [1.29, 1.82) is 0 Å². The summed E-state index contributed by atoms with van der Waals surface area (Å²) in [6.45, 7) is 5.22. The lowest BCUT2D eigenvalue weighted by molar-refractivity contribution is -0.384. The zero-order valence-electron chi connectivity index (χ0n) is 12.8. The second kappa shape index (κ2) is 7.49. The number of nitro groups is 1. The summed E-state index contributed by atoms with van der Waals surface area (Å²) in [4.78, 5) is 15.0. The van der Waals surface area contributed by atoms with Crippen molar-refractivity contribution in [2.75, 3.05) is 46.8 Å². The van der Waals surface area contributed by atoms with Crippen LogP contribution >= 0.6 is 0 Å². The summed E-state index contributed by atoms with van der Waals surface area (Å²) >= 11 is 0. The predicted octanol–water partition coefficient (Wildman–Crippen LogP) is 0.973. The molecule has 1 aromatic rings. The maximum absolute atomic E-state index is 10.6. The average molecular weight is 292 g/mol. The SMILES string of the molecule is CN1CCN(C)C(CNCCc2ccc([N+](=O)[O-])cc2)C1. The third-order valence-electron chi connectivity index (χ3n) is 4.10. The third kappa shape index (κ3) is 4.77. The van der Waals surface area contributed by atoms with Crippen molar-refractivity contribution in [2.24, 2.45) is 0 Å². The first-order valence-electron chi connectivity index (χ1n) is 7.39. The van der Waals surface area contributed by atoms with Crippen LogP contribution in [0.5, 0.6) is 0 Å². The first-order valence-corrected chi connectivity index (χ1v) is 7.39. The van der Waals surface area contributed by atoms with Gasteiger partial charge in [-0.3, -0.25) is 15.0 Å². The van der Waals surface area contributed by atoms with Crippen LogP contribution in [0.1, 0.15) is 5.56 Å². The molecule has 0 aromatic heterocycles. The first-order chi connectivity index (χ1) is 10.1. The van der Waals surface area contributed by atoms with Gasteiger partial charge in [0.25, 0.3) is 5.69 Å². The number of piperazine rings is 1. The van der Waals surface area contributed by atoms with Crippen LogP contribution in [0, 0.1) is 10.1 Å². The number of nitrogens with one attached hydrogen (secondary N) is 1. The molecule has 1 heterocycles. The van der Waals surface area contributed by atoms with Crippen LogP contribution in [-0.2, 0) is 6.42 Å². The number of benzene rings is 1. The molecule has 0 aliphatic carbocycles. The molecule has 1 aliphatic heterocycles. The molecule has 1 atom stereocenters. The molecule has 6 heteroatoms. The molecule has 2 rings (SSSR count). The second-order valence-corrected chi connectivity index (χ2v) is 5.77. The smallest absolute Gasteiger partial charge is 0.269 e. The third-order valence-corrected chi connectivity index (χ3v) is 4.10. The molecular formula is C15H24N4O2. The molecule has 1 unspecified atom stereocenters. The predicted molar refractivity (Wildman–Crippen MR) is 83.6 cm³/mol. The van der Waals surface area contributed by atoms with Crippen molar-refractivity contribution < 1.29 is 4.92 Å². The van der Waals surface area contributed by atoms with Crippen molar-refractivity contribution in [1.82, 2.24) is 15.1 Å². The van der Waals surface area contributed by atoms with Crippen LogP contribution in [0.4, 0.5) is 5.69 Å². The highest BCUT2D eigenvalue weighted by Gasteiger charge is 2.21. The highest BCUT2D eigenvalue weighted by atomic mass is 16.6. The first kappa shape index (κ1) is 15.9. The molecular weight excluding hydrogens is 268 g/mol. The van der Waals surface area contributed by atoms with Crippen LogP contribution in [-0.4, -0.2) is 67.6 Å². The average Bonchev–Trinajstić information content (AvgIpc) is 2.47. The summed E-state index contributed by atoms with van der Waals surface area (Å²) in [6, 6.07) is 7.36. The van der Waals surface area contributed by atoms with Crippen LogP contribution in [0.25, 0.3) is 0 Å². The summed E-state index contributed by atoms with van der Waals surface area (Å²) in [5.41, 5.74) is 1.28. The minimum absolute atomic E-state index is 0.151. The number of likely N-dealkylation sites (N-methyl/N-ethyl adjacent to an activating group) is 2. The molecule has 0 bridgehead atoms. The van der Waals surface area contributed by atoms with E-state index in [1.54, 1.807) is 12.1 Å². The Hall–Kier alpha value is -1.50. The van der Waals surface area contributed by atoms with E-state index in [0.717, 1.165) is 44.7 Å². The molecule has 1 fully saturated rings. The Morgan fingerprint density at radius 3 is 2.67 bits per heavy atom. The fourth-order valence-electron chi connectivity index (χ4n) is 2.61. The van der Waals surface area contributed by atoms with Crippen molar-refractivity contribution in [3.8, 4) is 0 Å². The molecule has 0 saturated carbocycles. The highest BCUT2D eigenvalue weighted by Crippen LogP contribution is 2.12. The molecule has 1 aliphatic rings. The van der Waals surface area contributed by atoms with Gasteiger partial charge in [0.1, 0.15) is 0 Å². The standard InChI is InChI=1S/C15H24N4O2/c1-17-9-10-18(2)15(12-17)11-16-8-7-13-3-5-14(6-4-13)19(20)21/h3-6,15-16H,7-12H2,1-2H3. The van der Waals surface area contributed by atoms with Gasteiger partial charge in [0.2, 0.25) is 0 Å². The summed E-state index contributed by atoms with van der Waals surface area (Å²) in [6.07, 6.45) is 0.893.